The summed E-state index contributed by atoms with van der Waals surface area (Å²) >= 11 is 0. The van der Waals surface area contributed by atoms with Crippen molar-refractivity contribution in [1.29, 1.82) is 0 Å². The van der Waals surface area contributed by atoms with Crippen LogP contribution >= 0.6 is 0 Å². The lowest BCUT2D eigenvalue weighted by molar-refractivity contribution is -0.144. The van der Waals surface area contributed by atoms with Crippen LogP contribution in [0, 0.1) is 11.8 Å². The minimum absolute atomic E-state index is 0.229. The van der Waals surface area contributed by atoms with E-state index in [-0.39, 0.29) is 6.04 Å². The van der Waals surface area contributed by atoms with Crippen LogP contribution in [0.3, 0.4) is 0 Å². The topological polar surface area (TPSA) is 40.5 Å². The van der Waals surface area contributed by atoms with Crippen LogP contribution in [0.25, 0.3) is 0 Å². The molecule has 3 heteroatoms. The molecule has 2 aliphatic rings. The van der Waals surface area contributed by atoms with Gasteiger partial charge in [-0.05, 0) is 44.1 Å². The third kappa shape index (κ3) is 3.50. The fraction of sp³-hybridized carbons (Fsp3) is 0.938. The lowest BCUT2D eigenvalue weighted by Gasteiger charge is -2.31. The van der Waals surface area contributed by atoms with Gasteiger partial charge in [0, 0.05) is 6.04 Å². The van der Waals surface area contributed by atoms with E-state index in [1.807, 2.05) is 0 Å². The molecule has 2 fully saturated rings. The van der Waals surface area contributed by atoms with E-state index < -0.39 is 5.97 Å². The van der Waals surface area contributed by atoms with Crippen molar-refractivity contribution in [1.82, 2.24) is 4.90 Å². The minimum atomic E-state index is -0.612. The highest BCUT2D eigenvalue weighted by Gasteiger charge is 2.40. The summed E-state index contributed by atoms with van der Waals surface area (Å²) in [6.07, 6.45) is 10.0. The van der Waals surface area contributed by atoms with E-state index >= 15 is 0 Å². The Labute approximate surface area is 117 Å². The van der Waals surface area contributed by atoms with Gasteiger partial charge in [-0.2, -0.15) is 0 Å². The third-order valence-electron chi connectivity index (χ3n) is 5.22. The summed E-state index contributed by atoms with van der Waals surface area (Å²) in [7, 11) is 0. The molecule has 1 saturated heterocycles. The average Bonchev–Trinajstić information content (AvgIpc) is 2.60. The molecule has 3 nitrogen and oxygen atoms in total. The summed E-state index contributed by atoms with van der Waals surface area (Å²) in [5.74, 6) is 0.588. The molecule has 4 atom stereocenters. The summed E-state index contributed by atoms with van der Waals surface area (Å²) in [5.41, 5.74) is 0. The minimum Gasteiger partial charge on any atom is -0.480 e. The Bertz CT molecular complexity index is 305. The van der Waals surface area contributed by atoms with Crippen LogP contribution in [0.5, 0.6) is 0 Å². The van der Waals surface area contributed by atoms with Crippen LogP contribution in [-0.2, 0) is 4.79 Å². The molecular weight excluding hydrogens is 238 g/mol. The normalized spacial score (nSPS) is 37.2. The van der Waals surface area contributed by atoms with Crippen molar-refractivity contribution in [2.24, 2.45) is 11.8 Å². The maximum Gasteiger partial charge on any atom is 0.321 e. The standard InChI is InChI=1S/C16H29NO2/c1-3-5-13-6-4-7-14(9-8-13)17-11-10-12(2)15(17)16(18)19/h12-15H,3-11H2,1-2H3,(H,18,19). The Balaban J connectivity index is 1.96. The second-order valence-electron chi connectivity index (χ2n) is 6.60. The van der Waals surface area contributed by atoms with Crippen molar-refractivity contribution in [3.8, 4) is 0 Å². The van der Waals surface area contributed by atoms with Crippen molar-refractivity contribution in [3.05, 3.63) is 0 Å². The zero-order valence-electron chi connectivity index (χ0n) is 12.5. The number of carbonyl (C=O) groups is 1. The molecule has 4 unspecified atom stereocenters. The second kappa shape index (κ2) is 6.74. The predicted molar refractivity (Wildman–Crippen MR) is 77.2 cm³/mol. The predicted octanol–water partition coefficient (Wildman–Crippen LogP) is 3.53. The molecule has 1 aliphatic heterocycles. The van der Waals surface area contributed by atoms with Crippen LogP contribution in [0.1, 0.15) is 65.2 Å². The average molecular weight is 267 g/mol. The highest BCUT2D eigenvalue weighted by molar-refractivity contribution is 5.74. The zero-order valence-corrected chi connectivity index (χ0v) is 12.5. The number of nitrogens with zero attached hydrogens (tertiary/aromatic N) is 1. The molecule has 0 aromatic rings. The Hall–Kier alpha value is -0.570. The first-order chi connectivity index (χ1) is 9.13. The molecule has 1 N–H and O–H groups in total. The molecular formula is C16H29NO2. The van der Waals surface area contributed by atoms with Gasteiger partial charge in [0.05, 0.1) is 0 Å². The Morgan fingerprint density at radius 1 is 1.21 bits per heavy atom. The van der Waals surface area contributed by atoms with Gasteiger partial charge in [-0.15, -0.1) is 0 Å². The lowest BCUT2D eigenvalue weighted by Crippen LogP contribution is -2.45. The number of aliphatic carboxylic acids is 1. The molecule has 1 saturated carbocycles. The van der Waals surface area contributed by atoms with Gasteiger partial charge in [0.25, 0.3) is 0 Å². The van der Waals surface area contributed by atoms with Gasteiger partial charge >= 0.3 is 5.97 Å². The van der Waals surface area contributed by atoms with Crippen molar-refractivity contribution < 1.29 is 9.90 Å². The quantitative estimate of drug-likeness (QED) is 0.792. The fourth-order valence-electron chi connectivity index (χ4n) is 4.16. The molecule has 0 amide bonds. The zero-order chi connectivity index (χ0) is 13.8. The van der Waals surface area contributed by atoms with Gasteiger partial charge in [-0.1, -0.05) is 39.5 Å². The fourth-order valence-corrected chi connectivity index (χ4v) is 4.16. The lowest BCUT2D eigenvalue weighted by atomic mass is 9.95. The smallest absolute Gasteiger partial charge is 0.321 e. The number of rotatable bonds is 4. The van der Waals surface area contributed by atoms with E-state index in [4.69, 9.17) is 0 Å². The van der Waals surface area contributed by atoms with E-state index in [1.54, 1.807) is 0 Å². The maximum atomic E-state index is 11.5. The molecule has 0 spiro atoms. The first-order valence-corrected chi connectivity index (χ1v) is 8.12. The molecule has 0 aromatic carbocycles. The molecule has 2 rings (SSSR count). The van der Waals surface area contributed by atoms with Gasteiger partial charge in [0.2, 0.25) is 0 Å². The number of hydrogen-bond donors (Lipinski definition) is 1. The van der Waals surface area contributed by atoms with Crippen molar-refractivity contribution >= 4 is 5.97 Å². The van der Waals surface area contributed by atoms with Crippen LogP contribution in [0.4, 0.5) is 0 Å². The largest absolute Gasteiger partial charge is 0.480 e. The number of hydrogen-bond acceptors (Lipinski definition) is 2. The maximum absolute atomic E-state index is 11.5. The molecule has 0 aromatic heterocycles. The summed E-state index contributed by atoms with van der Waals surface area (Å²) in [4.78, 5) is 13.8. The second-order valence-corrected chi connectivity index (χ2v) is 6.60. The Morgan fingerprint density at radius 3 is 2.68 bits per heavy atom. The van der Waals surface area contributed by atoms with Crippen LogP contribution < -0.4 is 0 Å². The van der Waals surface area contributed by atoms with Crippen LogP contribution in [0.2, 0.25) is 0 Å². The third-order valence-corrected chi connectivity index (χ3v) is 5.22. The number of carboxylic acids is 1. The van der Waals surface area contributed by atoms with Gasteiger partial charge in [-0.3, -0.25) is 9.69 Å². The first-order valence-electron chi connectivity index (χ1n) is 8.12. The van der Waals surface area contributed by atoms with Gasteiger partial charge in [0.15, 0.2) is 0 Å². The van der Waals surface area contributed by atoms with Gasteiger partial charge in [0.1, 0.15) is 6.04 Å². The van der Waals surface area contributed by atoms with Crippen LogP contribution in [0.15, 0.2) is 0 Å². The van der Waals surface area contributed by atoms with E-state index in [0.717, 1.165) is 18.9 Å². The number of likely N-dealkylation sites (tertiary alicyclic amines) is 1. The Morgan fingerprint density at radius 2 is 2.00 bits per heavy atom. The summed E-state index contributed by atoms with van der Waals surface area (Å²) in [6.45, 7) is 5.35. The summed E-state index contributed by atoms with van der Waals surface area (Å²) in [5, 5.41) is 9.45. The van der Waals surface area contributed by atoms with E-state index in [9.17, 15) is 9.90 Å². The molecule has 0 radical (unpaired) electrons. The number of carboxylic acid groups (broad SMARTS) is 1. The van der Waals surface area contributed by atoms with Gasteiger partial charge in [-0.25, -0.2) is 0 Å². The van der Waals surface area contributed by atoms with Crippen molar-refractivity contribution in [3.63, 3.8) is 0 Å². The van der Waals surface area contributed by atoms with Crippen molar-refractivity contribution in [2.75, 3.05) is 6.54 Å². The van der Waals surface area contributed by atoms with E-state index in [1.165, 1.54) is 44.9 Å². The van der Waals surface area contributed by atoms with Crippen LogP contribution in [-0.4, -0.2) is 34.6 Å². The SMILES string of the molecule is CCCC1CCCC(N2CCC(C)C2C(=O)O)CC1. The first kappa shape index (κ1) is 14.8. The molecule has 110 valence electrons. The molecule has 19 heavy (non-hydrogen) atoms. The summed E-state index contributed by atoms with van der Waals surface area (Å²) in [6, 6.07) is 0.292. The van der Waals surface area contributed by atoms with Crippen molar-refractivity contribution in [2.45, 2.75) is 77.3 Å². The Kier molecular flexibility index (Phi) is 5.26. The van der Waals surface area contributed by atoms with Gasteiger partial charge < -0.3 is 5.11 Å². The van der Waals surface area contributed by atoms with E-state index in [0.29, 0.717) is 12.0 Å². The highest BCUT2D eigenvalue weighted by Crippen LogP contribution is 2.34. The molecule has 1 heterocycles. The highest BCUT2D eigenvalue weighted by atomic mass is 16.4. The molecule has 1 aliphatic carbocycles. The molecule has 0 bridgehead atoms. The van der Waals surface area contributed by atoms with E-state index in [2.05, 4.69) is 18.7 Å². The summed E-state index contributed by atoms with van der Waals surface area (Å²) < 4.78 is 0. The monoisotopic (exact) mass is 267 g/mol.